The maximum absolute atomic E-state index is 12.3. The molecule has 0 unspecified atom stereocenters. The first-order valence-electron chi connectivity index (χ1n) is 18.5. The summed E-state index contributed by atoms with van der Waals surface area (Å²) < 4.78 is 13.1. The lowest BCUT2D eigenvalue weighted by Gasteiger charge is -2.32. The molecule has 16 heteroatoms. The van der Waals surface area contributed by atoms with Crippen molar-refractivity contribution in [2.75, 3.05) is 14.2 Å². The third kappa shape index (κ3) is 13.8. The Hall–Kier alpha value is -2.69. The first-order valence-corrected chi connectivity index (χ1v) is 19.3. The van der Waals surface area contributed by atoms with Gasteiger partial charge in [0, 0.05) is 96.5 Å². The summed E-state index contributed by atoms with van der Waals surface area (Å²) in [4.78, 5) is 24.6. The van der Waals surface area contributed by atoms with Crippen LogP contribution in [0, 0.1) is 18.8 Å². The highest BCUT2D eigenvalue weighted by atomic mass is 79.9. The lowest BCUT2D eigenvalue weighted by Crippen LogP contribution is -2.36. The number of benzene rings is 2. The lowest BCUT2D eigenvalue weighted by molar-refractivity contribution is -0.133. The van der Waals surface area contributed by atoms with Gasteiger partial charge in [0.15, 0.2) is 0 Å². The number of nitrogens with one attached hydrogen (secondary N) is 1. The molecule has 0 saturated heterocycles. The van der Waals surface area contributed by atoms with E-state index in [2.05, 4.69) is 84.4 Å². The van der Waals surface area contributed by atoms with Crippen molar-refractivity contribution in [2.45, 2.75) is 103 Å². The van der Waals surface area contributed by atoms with Gasteiger partial charge in [-0.1, -0.05) is 52.3 Å². The van der Waals surface area contributed by atoms with E-state index in [4.69, 9.17) is 9.47 Å². The van der Waals surface area contributed by atoms with E-state index in [0.29, 0.717) is 29.0 Å². The molecular formula is C38H51B7BrN2O6. The number of nitrogens with zero attached hydrogens (tertiary/aromatic N) is 1. The Kier molecular flexibility index (Phi) is 21.1. The van der Waals surface area contributed by atoms with Gasteiger partial charge in [-0.2, -0.15) is 0 Å². The molecule has 3 N–H and O–H groups in total. The van der Waals surface area contributed by atoms with Crippen LogP contribution in [0.3, 0.4) is 0 Å². The minimum absolute atomic E-state index is 0.147. The molecule has 5 rings (SSSR count). The van der Waals surface area contributed by atoms with E-state index < -0.39 is 6.39 Å². The van der Waals surface area contributed by atoms with E-state index >= 15 is 0 Å². The molecule has 54 heavy (non-hydrogen) atoms. The Morgan fingerprint density at radius 1 is 0.870 bits per heavy atom. The van der Waals surface area contributed by atoms with E-state index in [0.717, 1.165) is 90.8 Å². The topological polar surface area (TPSA) is 110 Å². The normalized spacial score (nSPS) is 20.8. The quantitative estimate of drug-likeness (QED) is 0.166. The van der Waals surface area contributed by atoms with E-state index in [1.54, 1.807) is 0 Å². The molecule has 1 heterocycles. The molecule has 2 aliphatic carbocycles. The highest BCUT2D eigenvalue weighted by Gasteiger charge is 2.30. The number of carbonyl (C=O) groups is 2. The number of ether oxygens (including phenoxy) is 2. The lowest BCUT2D eigenvalue weighted by atomic mass is 9.08. The molecule has 277 valence electrons. The predicted molar refractivity (Wildman–Crippen MR) is 230 cm³/mol. The maximum atomic E-state index is 12.3. The number of esters is 2. The van der Waals surface area contributed by atoms with Crippen LogP contribution in [0.25, 0.3) is 16.5 Å². The molecule has 11 radical (unpaired) electrons. The molecule has 3 aromatic rings. The van der Waals surface area contributed by atoms with Gasteiger partial charge < -0.3 is 29.6 Å². The fraction of sp³-hybridized carbons (Fsp3) is 0.526. The van der Waals surface area contributed by atoms with Crippen LogP contribution in [-0.4, -0.2) is 111 Å². The average molecular weight is 787 g/mol. The Bertz CT molecular complexity index is 1640. The number of para-hydroxylation sites is 1. The zero-order valence-electron chi connectivity index (χ0n) is 32.6. The monoisotopic (exact) mass is 787 g/mol. The molecule has 0 bridgehead atoms. The highest BCUT2D eigenvalue weighted by molar-refractivity contribution is 9.10. The molecule has 1 aromatic heterocycles. The van der Waals surface area contributed by atoms with Gasteiger partial charge in [0.25, 0.3) is 0 Å². The summed E-state index contributed by atoms with van der Waals surface area (Å²) >= 11 is 3.51. The molecule has 0 aliphatic heterocycles. The second kappa shape index (κ2) is 24.1. The van der Waals surface area contributed by atoms with Crippen LogP contribution < -0.4 is 5.32 Å². The molecule has 2 aromatic carbocycles. The van der Waals surface area contributed by atoms with Gasteiger partial charge in [0.2, 0.25) is 0 Å². The van der Waals surface area contributed by atoms with Gasteiger partial charge in [0.1, 0.15) is 0 Å². The SMILES string of the molecule is COC(=O)/C(=C(\C)N[C@H](C)C1CCC(O)CC1)c1ccccc1Br.COC(=O)c1c(C)n([C@H](C)C2CCC(O)CC2)c2ccccc12.[B]B([B])[B].[B][B][B]. The van der Waals surface area contributed by atoms with Gasteiger partial charge >= 0.3 is 11.9 Å². The van der Waals surface area contributed by atoms with E-state index in [1.807, 2.05) is 56.3 Å². The number of methoxy groups -OCH3 is 2. The Balaban J connectivity index is 0.000000319. The first kappa shape index (κ1) is 47.5. The summed E-state index contributed by atoms with van der Waals surface area (Å²) in [6, 6.07) is 16.2. The number of aliphatic hydroxyl groups excluding tert-OH is 2. The van der Waals surface area contributed by atoms with Crippen molar-refractivity contribution in [3.8, 4) is 0 Å². The Morgan fingerprint density at radius 2 is 1.35 bits per heavy atom. The number of carbonyl (C=O) groups excluding carboxylic acids is 2. The summed E-state index contributed by atoms with van der Waals surface area (Å²) in [6.45, 7) is 8.28. The van der Waals surface area contributed by atoms with Crippen LogP contribution in [0.15, 0.2) is 58.7 Å². The molecule has 8 nitrogen and oxygen atoms in total. The molecule has 2 aliphatic rings. The average Bonchev–Trinajstić information content (AvgIpc) is 3.44. The summed E-state index contributed by atoms with van der Waals surface area (Å²) in [5, 5.41) is 23.9. The van der Waals surface area contributed by atoms with Crippen LogP contribution in [-0.2, 0) is 14.3 Å². The van der Waals surface area contributed by atoms with Crippen molar-refractivity contribution < 1.29 is 29.3 Å². The van der Waals surface area contributed by atoms with Crippen LogP contribution in [0.2, 0.25) is 0 Å². The van der Waals surface area contributed by atoms with Gasteiger partial charge in [-0.05, 0) is 103 Å². The standard InChI is InChI=1S/C19H26BrNO3.C19H25NO3.B4.B3/c1-12(14-8-10-15(22)11-9-14)21-13(2)18(19(23)24-3)16-6-4-5-7-17(16)20;1-12(14-8-10-15(21)11-9-14)20-13(2)18(19(22)23-3)16-6-4-5-7-17(16)20;1-4(2)3;1-3-2/h4-7,12,14-15,21-22H,8-11H2,1-3H3;4-7,12,14-15,21H,8-11H2,1-3H3;;/b18-13+;;;/t2*12-,14?,15?;;/m11../s1. The van der Waals surface area contributed by atoms with Gasteiger partial charge in [-0.15, -0.1) is 0 Å². The zero-order chi connectivity index (χ0) is 40.5. The highest BCUT2D eigenvalue weighted by Crippen LogP contribution is 2.38. The number of allylic oxidation sites excluding steroid dienone is 1. The minimum Gasteiger partial charge on any atom is -0.465 e. The molecular weight excluding hydrogens is 736 g/mol. The van der Waals surface area contributed by atoms with Gasteiger partial charge in [-0.25, -0.2) is 9.59 Å². The number of hydrogen-bond donors (Lipinski definition) is 3. The Labute approximate surface area is 339 Å². The number of halogens is 1. The van der Waals surface area contributed by atoms with Crippen molar-refractivity contribution in [1.29, 1.82) is 0 Å². The van der Waals surface area contributed by atoms with Crippen LogP contribution in [0.4, 0.5) is 0 Å². The molecule has 2 atom stereocenters. The fourth-order valence-corrected chi connectivity index (χ4v) is 7.92. The van der Waals surface area contributed by atoms with Crippen molar-refractivity contribution in [2.24, 2.45) is 11.8 Å². The summed E-state index contributed by atoms with van der Waals surface area (Å²) in [5.74, 6) is 0.404. The fourth-order valence-electron chi connectivity index (χ4n) is 7.43. The largest absolute Gasteiger partial charge is 0.465 e. The van der Waals surface area contributed by atoms with Crippen molar-refractivity contribution in [3.63, 3.8) is 0 Å². The number of hydrogen-bond acceptors (Lipinski definition) is 7. The third-order valence-electron chi connectivity index (χ3n) is 10.2. The van der Waals surface area contributed by atoms with Crippen molar-refractivity contribution >= 4 is 96.5 Å². The smallest absolute Gasteiger partial charge is 0.340 e. The number of aliphatic hydroxyl groups is 2. The van der Waals surface area contributed by atoms with E-state index in [-0.39, 0.29) is 30.2 Å². The summed E-state index contributed by atoms with van der Waals surface area (Å²) in [5.41, 5.74) is 4.91. The van der Waals surface area contributed by atoms with Crippen LogP contribution in [0.1, 0.15) is 99.8 Å². The third-order valence-corrected chi connectivity index (χ3v) is 10.9. The zero-order valence-corrected chi connectivity index (χ0v) is 34.2. The van der Waals surface area contributed by atoms with Crippen molar-refractivity contribution in [1.82, 2.24) is 9.88 Å². The Morgan fingerprint density at radius 3 is 1.85 bits per heavy atom. The number of rotatable bonds is 8. The molecule has 2 fully saturated rings. The maximum Gasteiger partial charge on any atom is 0.340 e. The van der Waals surface area contributed by atoms with Gasteiger partial charge in [-0.3, -0.25) is 0 Å². The number of aromatic nitrogens is 1. The second-order valence-electron chi connectivity index (χ2n) is 13.9. The summed E-state index contributed by atoms with van der Waals surface area (Å²) in [6.07, 6.45) is 6.55. The molecule has 0 amide bonds. The summed E-state index contributed by atoms with van der Waals surface area (Å²) in [7, 11) is 26.8. The van der Waals surface area contributed by atoms with Crippen molar-refractivity contribution in [3.05, 3.63) is 75.5 Å². The predicted octanol–water partition coefficient (Wildman–Crippen LogP) is 5.07. The van der Waals surface area contributed by atoms with E-state index in [9.17, 15) is 19.8 Å². The molecule has 2 saturated carbocycles. The number of fused-ring (bicyclic) bond motifs is 1. The first-order chi connectivity index (χ1) is 25.6. The minimum atomic E-state index is -0.667. The van der Waals surface area contributed by atoms with Crippen LogP contribution >= 0.6 is 15.9 Å². The molecule has 0 spiro atoms. The van der Waals surface area contributed by atoms with E-state index in [1.165, 1.54) is 14.2 Å². The second-order valence-corrected chi connectivity index (χ2v) is 14.7. The van der Waals surface area contributed by atoms with Crippen LogP contribution in [0.5, 0.6) is 0 Å². The van der Waals surface area contributed by atoms with Gasteiger partial charge in [0.05, 0.1) is 37.6 Å².